The topological polar surface area (TPSA) is 72.2 Å². The Kier molecular flexibility index (Phi) is 4.29. The fraction of sp³-hybridized carbons (Fsp3) is 0.200. The SMILES string of the molecule is Cc1cc(F)ccc1S(=O)(=O)Nc1cccc(C(C)N)c1. The van der Waals surface area contributed by atoms with E-state index in [1.54, 1.807) is 25.1 Å². The number of halogens is 1. The van der Waals surface area contributed by atoms with E-state index < -0.39 is 15.8 Å². The van der Waals surface area contributed by atoms with Crippen LogP contribution in [-0.2, 0) is 10.0 Å². The Morgan fingerprint density at radius 1 is 1.19 bits per heavy atom. The molecule has 2 aromatic rings. The zero-order chi connectivity index (χ0) is 15.6. The first-order valence-electron chi connectivity index (χ1n) is 6.44. The molecule has 0 aliphatic carbocycles. The van der Waals surface area contributed by atoms with Crippen molar-refractivity contribution < 1.29 is 12.8 Å². The lowest BCUT2D eigenvalue weighted by molar-refractivity contribution is 0.598. The molecule has 0 aromatic heterocycles. The summed E-state index contributed by atoms with van der Waals surface area (Å²) in [6.07, 6.45) is 0. The lowest BCUT2D eigenvalue weighted by atomic mass is 10.1. The summed E-state index contributed by atoms with van der Waals surface area (Å²) in [6, 6.07) is 10.3. The van der Waals surface area contributed by atoms with Gasteiger partial charge in [-0.2, -0.15) is 0 Å². The van der Waals surface area contributed by atoms with Gasteiger partial charge in [-0.3, -0.25) is 4.72 Å². The van der Waals surface area contributed by atoms with Crippen LogP contribution in [0.5, 0.6) is 0 Å². The Bertz CT molecular complexity index is 758. The molecule has 6 heteroatoms. The predicted octanol–water partition coefficient (Wildman–Crippen LogP) is 2.95. The van der Waals surface area contributed by atoms with Crippen LogP contribution in [0, 0.1) is 12.7 Å². The monoisotopic (exact) mass is 308 g/mol. The fourth-order valence-corrected chi connectivity index (χ4v) is 3.29. The van der Waals surface area contributed by atoms with Gasteiger partial charge >= 0.3 is 0 Å². The van der Waals surface area contributed by atoms with E-state index in [4.69, 9.17) is 5.73 Å². The molecule has 0 spiro atoms. The highest BCUT2D eigenvalue weighted by Gasteiger charge is 2.17. The Balaban J connectivity index is 2.35. The van der Waals surface area contributed by atoms with Gasteiger partial charge in [0.15, 0.2) is 0 Å². The third-order valence-corrected chi connectivity index (χ3v) is 4.63. The molecule has 3 N–H and O–H groups in total. The van der Waals surface area contributed by atoms with Crippen molar-refractivity contribution in [2.24, 2.45) is 5.73 Å². The number of hydrogen-bond acceptors (Lipinski definition) is 3. The maximum Gasteiger partial charge on any atom is 0.262 e. The minimum Gasteiger partial charge on any atom is -0.324 e. The van der Waals surface area contributed by atoms with Gasteiger partial charge < -0.3 is 5.73 Å². The van der Waals surface area contributed by atoms with Gasteiger partial charge in [0, 0.05) is 11.7 Å². The summed E-state index contributed by atoms with van der Waals surface area (Å²) in [5.41, 5.74) is 7.38. The van der Waals surface area contributed by atoms with Crippen LogP contribution in [0.4, 0.5) is 10.1 Å². The first-order valence-corrected chi connectivity index (χ1v) is 7.92. The smallest absolute Gasteiger partial charge is 0.262 e. The molecule has 1 atom stereocenters. The van der Waals surface area contributed by atoms with Crippen molar-refractivity contribution in [3.63, 3.8) is 0 Å². The Morgan fingerprint density at radius 2 is 1.90 bits per heavy atom. The van der Waals surface area contributed by atoms with Crippen molar-refractivity contribution in [2.45, 2.75) is 24.8 Å². The summed E-state index contributed by atoms with van der Waals surface area (Å²) in [5.74, 6) is -0.467. The van der Waals surface area contributed by atoms with Gasteiger partial charge in [0.2, 0.25) is 0 Å². The second kappa shape index (κ2) is 5.83. The molecule has 112 valence electrons. The van der Waals surface area contributed by atoms with E-state index in [0.717, 1.165) is 11.6 Å². The third-order valence-electron chi connectivity index (χ3n) is 3.09. The number of hydrogen-bond donors (Lipinski definition) is 2. The number of aryl methyl sites for hydroxylation is 1. The second-order valence-corrected chi connectivity index (χ2v) is 6.58. The van der Waals surface area contributed by atoms with E-state index in [1.807, 2.05) is 13.0 Å². The molecule has 2 rings (SSSR count). The lowest BCUT2D eigenvalue weighted by Gasteiger charge is -2.12. The van der Waals surface area contributed by atoms with E-state index in [0.29, 0.717) is 11.3 Å². The van der Waals surface area contributed by atoms with Crippen LogP contribution < -0.4 is 10.5 Å². The Hall–Kier alpha value is -1.92. The van der Waals surface area contributed by atoms with Crippen molar-refractivity contribution in [1.82, 2.24) is 0 Å². The van der Waals surface area contributed by atoms with Gasteiger partial charge in [-0.15, -0.1) is 0 Å². The molecule has 2 aromatic carbocycles. The van der Waals surface area contributed by atoms with Crippen LogP contribution in [0.2, 0.25) is 0 Å². The summed E-state index contributed by atoms with van der Waals surface area (Å²) in [5, 5.41) is 0. The van der Waals surface area contributed by atoms with Crippen molar-refractivity contribution in [2.75, 3.05) is 4.72 Å². The van der Waals surface area contributed by atoms with E-state index in [2.05, 4.69) is 4.72 Å². The van der Waals surface area contributed by atoms with Crippen LogP contribution >= 0.6 is 0 Å². The number of anilines is 1. The molecular weight excluding hydrogens is 291 g/mol. The molecule has 0 aliphatic rings. The van der Waals surface area contributed by atoms with E-state index in [9.17, 15) is 12.8 Å². The van der Waals surface area contributed by atoms with Gasteiger partial charge in [0.25, 0.3) is 10.0 Å². The normalized spacial score (nSPS) is 13.0. The fourth-order valence-electron chi connectivity index (χ4n) is 2.01. The Morgan fingerprint density at radius 3 is 2.52 bits per heavy atom. The number of rotatable bonds is 4. The van der Waals surface area contributed by atoms with Gasteiger partial charge in [0.1, 0.15) is 5.82 Å². The molecule has 21 heavy (non-hydrogen) atoms. The predicted molar refractivity (Wildman–Crippen MR) is 81.0 cm³/mol. The average Bonchev–Trinajstić information content (AvgIpc) is 2.37. The number of nitrogens with two attached hydrogens (primary N) is 1. The first kappa shape index (κ1) is 15.5. The van der Waals surface area contributed by atoms with Gasteiger partial charge in [-0.25, -0.2) is 12.8 Å². The number of sulfonamides is 1. The molecule has 0 heterocycles. The molecule has 0 bridgehead atoms. The summed E-state index contributed by atoms with van der Waals surface area (Å²) in [4.78, 5) is 0.0510. The summed E-state index contributed by atoms with van der Waals surface area (Å²) in [6.45, 7) is 3.37. The van der Waals surface area contributed by atoms with E-state index in [-0.39, 0.29) is 10.9 Å². The zero-order valence-electron chi connectivity index (χ0n) is 11.8. The summed E-state index contributed by atoms with van der Waals surface area (Å²) < 4.78 is 40.3. The van der Waals surface area contributed by atoms with Crippen molar-refractivity contribution in [3.8, 4) is 0 Å². The quantitative estimate of drug-likeness (QED) is 0.912. The van der Waals surface area contributed by atoms with Crippen LogP contribution in [-0.4, -0.2) is 8.42 Å². The maximum absolute atomic E-state index is 13.1. The first-order chi connectivity index (χ1) is 9.79. The summed E-state index contributed by atoms with van der Waals surface area (Å²) in [7, 11) is -3.76. The minimum absolute atomic E-state index is 0.0510. The molecule has 0 radical (unpaired) electrons. The summed E-state index contributed by atoms with van der Waals surface area (Å²) >= 11 is 0. The standard InChI is InChI=1S/C15H17FN2O2S/c1-10-8-13(16)6-7-15(10)21(19,20)18-14-5-3-4-12(9-14)11(2)17/h3-9,11,18H,17H2,1-2H3. The molecule has 1 unspecified atom stereocenters. The zero-order valence-corrected chi connectivity index (χ0v) is 12.6. The van der Waals surface area contributed by atoms with Gasteiger partial charge in [-0.1, -0.05) is 12.1 Å². The molecule has 4 nitrogen and oxygen atoms in total. The van der Waals surface area contributed by atoms with Crippen LogP contribution in [0.1, 0.15) is 24.1 Å². The highest BCUT2D eigenvalue weighted by atomic mass is 32.2. The van der Waals surface area contributed by atoms with Crippen LogP contribution in [0.15, 0.2) is 47.4 Å². The highest BCUT2D eigenvalue weighted by Crippen LogP contribution is 2.22. The minimum atomic E-state index is -3.76. The molecule has 0 saturated carbocycles. The average molecular weight is 308 g/mol. The number of nitrogens with one attached hydrogen (secondary N) is 1. The molecule has 0 fully saturated rings. The molecule has 0 saturated heterocycles. The van der Waals surface area contributed by atoms with Crippen molar-refractivity contribution >= 4 is 15.7 Å². The maximum atomic E-state index is 13.1. The number of benzene rings is 2. The van der Waals surface area contributed by atoms with Gasteiger partial charge in [-0.05, 0) is 55.3 Å². The highest BCUT2D eigenvalue weighted by molar-refractivity contribution is 7.92. The third kappa shape index (κ3) is 3.59. The van der Waals surface area contributed by atoms with Crippen molar-refractivity contribution in [1.29, 1.82) is 0 Å². The van der Waals surface area contributed by atoms with Gasteiger partial charge in [0.05, 0.1) is 4.90 Å². The van der Waals surface area contributed by atoms with Crippen LogP contribution in [0.25, 0.3) is 0 Å². The van der Waals surface area contributed by atoms with E-state index in [1.165, 1.54) is 12.1 Å². The van der Waals surface area contributed by atoms with E-state index >= 15 is 0 Å². The lowest BCUT2D eigenvalue weighted by Crippen LogP contribution is -2.15. The largest absolute Gasteiger partial charge is 0.324 e. The molecule has 0 aliphatic heterocycles. The second-order valence-electron chi connectivity index (χ2n) is 4.93. The Labute approximate surface area is 123 Å². The van der Waals surface area contributed by atoms with Crippen molar-refractivity contribution in [3.05, 3.63) is 59.4 Å². The molecular formula is C15H17FN2O2S. The van der Waals surface area contributed by atoms with Crippen LogP contribution in [0.3, 0.4) is 0 Å². The molecule has 0 amide bonds.